The number of carbonyl (C=O) groups excluding carboxylic acids is 1. The first-order chi connectivity index (χ1) is 14.9. The van der Waals surface area contributed by atoms with E-state index in [4.69, 9.17) is 0 Å². The molecule has 0 spiro atoms. The van der Waals surface area contributed by atoms with Crippen LogP contribution in [0.4, 0.5) is 0 Å². The molecule has 1 aromatic heterocycles. The zero-order chi connectivity index (χ0) is 22.0. The minimum atomic E-state index is -3.61. The quantitative estimate of drug-likeness (QED) is 0.615. The summed E-state index contributed by atoms with van der Waals surface area (Å²) in [5.41, 5.74) is 1.89. The lowest BCUT2D eigenvalue weighted by Crippen LogP contribution is -2.40. The molecular weight excluding hydrogens is 416 g/mol. The van der Waals surface area contributed by atoms with E-state index in [1.165, 1.54) is 15.1 Å². The Kier molecular flexibility index (Phi) is 5.88. The molecule has 0 atom stereocenters. The van der Waals surface area contributed by atoms with Gasteiger partial charge >= 0.3 is 0 Å². The summed E-state index contributed by atoms with van der Waals surface area (Å²) in [6.07, 6.45) is 1.75. The summed E-state index contributed by atoms with van der Waals surface area (Å²) in [6.45, 7) is 3.08. The van der Waals surface area contributed by atoms with Gasteiger partial charge in [0.05, 0.1) is 22.1 Å². The number of benzene rings is 2. The Bertz CT molecular complexity index is 1270. The molecule has 0 bridgehead atoms. The van der Waals surface area contributed by atoms with Crippen LogP contribution in [0.3, 0.4) is 0 Å². The molecule has 1 aliphatic heterocycles. The van der Waals surface area contributed by atoms with Crippen molar-refractivity contribution in [2.45, 2.75) is 24.8 Å². The molecule has 4 rings (SSSR count). The van der Waals surface area contributed by atoms with Crippen molar-refractivity contribution in [1.29, 1.82) is 0 Å². The molecule has 0 N–H and O–H groups in total. The smallest absolute Gasteiger partial charge is 0.269 e. The minimum Gasteiger partial charge on any atom is -0.340 e. The first-order valence-corrected chi connectivity index (χ1v) is 11.6. The highest BCUT2D eigenvalue weighted by atomic mass is 32.2. The molecule has 0 radical (unpaired) electrons. The van der Waals surface area contributed by atoms with Gasteiger partial charge in [-0.05, 0) is 37.6 Å². The number of para-hydroxylation sites is 2. The van der Waals surface area contributed by atoms with Crippen LogP contribution in [-0.4, -0.2) is 59.3 Å². The molecule has 1 aliphatic rings. The largest absolute Gasteiger partial charge is 0.340 e. The van der Waals surface area contributed by atoms with Crippen LogP contribution in [0, 0.1) is 6.92 Å². The maximum atomic E-state index is 13.0. The second-order valence-electron chi connectivity index (χ2n) is 7.62. The van der Waals surface area contributed by atoms with Crippen LogP contribution in [0.25, 0.3) is 11.0 Å². The van der Waals surface area contributed by atoms with Crippen LogP contribution in [0.2, 0.25) is 0 Å². The van der Waals surface area contributed by atoms with E-state index in [0.29, 0.717) is 30.5 Å². The normalized spacial score (nSPS) is 15.7. The number of fused-ring (bicyclic) bond motifs is 1. The van der Waals surface area contributed by atoms with E-state index in [2.05, 4.69) is 4.98 Å². The third-order valence-corrected chi connectivity index (χ3v) is 7.43. The van der Waals surface area contributed by atoms with E-state index in [9.17, 15) is 18.0 Å². The Morgan fingerprint density at radius 2 is 1.74 bits per heavy atom. The number of amides is 1. The van der Waals surface area contributed by atoms with E-state index in [0.717, 1.165) is 5.56 Å². The predicted octanol–water partition coefficient (Wildman–Crippen LogP) is 1.63. The Morgan fingerprint density at radius 1 is 1.00 bits per heavy atom. The Balaban J connectivity index is 1.49. The van der Waals surface area contributed by atoms with E-state index in [1.807, 2.05) is 13.0 Å². The number of carbonyl (C=O) groups is 1. The lowest BCUT2D eigenvalue weighted by atomic mass is 10.2. The molecular formula is C22H24N4O4S. The number of nitrogens with zero attached hydrogens (tertiary/aromatic N) is 4. The fraction of sp³-hybridized carbons (Fsp3) is 0.318. The van der Waals surface area contributed by atoms with Crippen LogP contribution in [0.15, 0.2) is 64.4 Å². The Hall–Kier alpha value is -3.04. The Labute approximate surface area is 180 Å². The summed E-state index contributed by atoms with van der Waals surface area (Å²) in [7, 11) is -3.61. The molecule has 1 fully saturated rings. The number of hydrogen-bond donors (Lipinski definition) is 0. The van der Waals surface area contributed by atoms with Crippen LogP contribution >= 0.6 is 0 Å². The summed E-state index contributed by atoms with van der Waals surface area (Å²) in [5.74, 6) is -0.215. The van der Waals surface area contributed by atoms with Crippen molar-refractivity contribution in [2.24, 2.45) is 0 Å². The summed E-state index contributed by atoms with van der Waals surface area (Å²) < 4.78 is 28.8. The van der Waals surface area contributed by atoms with Gasteiger partial charge in [-0.2, -0.15) is 4.31 Å². The number of aryl methyl sites for hydroxylation is 1. The van der Waals surface area contributed by atoms with Crippen molar-refractivity contribution >= 4 is 27.0 Å². The lowest BCUT2D eigenvalue weighted by Gasteiger charge is -2.22. The molecule has 3 aromatic rings. The second-order valence-corrected chi connectivity index (χ2v) is 9.56. The highest BCUT2D eigenvalue weighted by Gasteiger charge is 2.28. The molecule has 1 amide bonds. The topological polar surface area (TPSA) is 92.6 Å². The van der Waals surface area contributed by atoms with Gasteiger partial charge in [-0.25, -0.2) is 13.4 Å². The molecule has 1 saturated heterocycles. The molecule has 9 heteroatoms. The molecule has 162 valence electrons. The SMILES string of the molecule is Cc1ccc(S(=O)(=O)N2CCCN(C(=O)Cn3c(=O)cnc4ccccc43)CC2)cc1. The number of rotatable bonds is 4. The molecule has 31 heavy (non-hydrogen) atoms. The highest BCUT2D eigenvalue weighted by Crippen LogP contribution is 2.18. The van der Waals surface area contributed by atoms with Crippen molar-refractivity contribution in [1.82, 2.24) is 18.8 Å². The highest BCUT2D eigenvalue weighted by molar-refractivity contribution is 7.89. The van der Waals surface area contributed by atoms with Gasteiger partial charge in [-0.3, -0.25) is 14.2 Å². The van der Waals surface area contributed by atoms with Crippen molar-refractivity contribution in [2.75, 3.05) is 26.2 Å². The van der Waals surface area contributed by atoms with Gasteiger partial charge in [0.15, 0.2) is 0 Å². The van der Waals surface area contributed by atoms with Crippen LogP contribution in [-0.2, 0) is 21.4 Å². The van der Waals surface area contributed by atoms with E-state index < -0.39 is 10.0 Å². The van der Waals surface area contributed by atoms with Gasteiger partial charge in [0, 0.05) is 26.2 Å². The third kappa shape index (κ3) is 4.38. The number of sulfonamides is 1. The maximum absolute atomic E-state index is 13.0. The summed E-state index contributed by atoms with van der Waals surface area (Å²) in [5, 5.41) is 0. The van der Waals surface area contributed by atoms with Crippen molar-refractivity contribution in [3.63, 3.8) is 0 Å². The zero-order valence-electron chi connectivity index (χ0n) is 17.3. The van der Waals surface area contributed by atoms with Gasteiger partial charge in [0.25, 0.3) is 5.56 Å². The molecule has 8 nitrogen and oxygen atoms in total. The first kappa shape index (κ1) is 21.2. The van der Waals surface area contributed by atoms with Crippen molar-refractivity contribution < 1.29 is 13.2 Å². The average molecular weight is 441 g/mol. The maximum Gasteiger partial charge on any atom is 0.269 e. The van der Waals surface area contributed by atoms with Crippen LogP contribution in [0.1, 0.15) is 12.0 Å². The fourth-order valence-corrected chi connectivity index (χ4v) is 5.23. The van der Waals surface area contributed by atoms with Gasteiger partial charge in [0.2, 0.25) is 15.9 Å². The fourth-order valence-electron chi connectivity index (χ4n) is 3.76. The molecule has 0 saturated carbocycles. The van der Waals surface area contributed by atoms with Gasteiger partial charge in [0.1, 0.15) is 6.54 Å². The van der Waals surface area contributed by atoms with Crippen molar-refractivity contribution in [3.05, 3.63) is 70.6 Å². The van der Waals surface area contributed by atoms with Crippen LogP contribution in [0.5, 0.6) is 0 Å². The second kappa shape index (κ2) is 8.60. The van der Waals surface area contributed by atoms with E-state index in [1.54, 1.807) is 47.4 Å². The summed E-state index contributed by atoms with van der Waals surface area (Å²) >= 11 is 0. The molecule has 2 heterocycles. The predicted molar refractivity (Wildman–Crippen MR) is 117 cm³/mol. The Morgan fingerprint density at radius 3 is 2.52 bits per heavy atom. The zero-order valence-corrected chi connectivity index (χ0v) is 18.1. The standard InChI is InChI=1S/C22H24N4O4S/c1-17-7-9-18(10-8-17)31(29,30)25-12-4-11-24(13-14-25)22(28)16-26-20-6-3-2-5-19(20)23-15-21(26)27/h2-3,5-10,15H,4,11-14,16H2,1H3. The lowest BCUT2D eigenvalue weighted by molar-refractivity contribution is -0.131. The van der Waals surface area contributed by atoms with Gasteiger partial charge in [-0.1, -0.05) is 29.8 Å². The van der Waals surface area contributed by atoms with Gasteiger partial charge < -0.3 is 4.90 Å². The summed E-state index contributed by atoms with van der Waals surface area (Å²) in [4.78, 5) is 31.3. The summed E-state index contributed by atoms with van der Waals surface area (Å²) in [6, 6.07) is 13.9. The number of aromatic nitrogens is 2. The van der Waals surface area contributed by atoms with E-state index in [-0.39, 0.29) is 36.0 Å². The monoisotopic (exact) mass is 440 g/mol. The third-order valence-electron chi connectivity index (χ3n) is 5.51. The molecule has 0 unspecified atom stereocenters. The number of hydrogen-bond acceptors (Lipinski definition) is 5. The van der Waals surface area contributed by atoms with Crippen LogP contribution < -0.4 is 5.56 Å². The average Bonchev–Trinajstić information content (AvgIpc) is 3.03. The molecule has 2 aromatic carbocycles. The minimum absolute atomic E-state index is 0.105. The van der Waals surface area contributed by atoms with E-state index >= 15 is 0 Å². The molecule has 0 aliphatic carbocycles. The van der Waals surface area contributed by atoms with Gasteiger partial charge in [-0.15, -0.1) is 0 Å². The first-order valence-electron chi connectivity index (χ1n) is 10.2. The van der Waals surface area contributed by atoms with Crippen molar-refractivity contribution in [3.8, 4) is 0 Å².